The van der Waals surface area contributed by atoms with Gasteiger partial charge in [0.25, 0.3) is 11.5 Å². The van der Waals surface area contributed by atoms with Gasteiger partial charge in [0.05, 0.1) is 0 Å². The molecule has 0 fully saturated rings. The number of anilines is 2. The van der Waals surface area contributed by atoms with E-state index < -0.39 is 11.5 Å². The van der Waals surface area contributed by atoms with E-state index in [-0.39, 0.29) is 11.8 Å². The average molecular weight is 246 g/mol. The first kappa shape index (κ1) is 11.6. The molecule has 0 bridgehead atoms. The molecule has 18 heavy (non-hydrogen) atoms. The van der Waals surface area contributed by atoms with E-state index in [0.717, 1.165) is 0 Å². The lowest BCUT2D eigenvalue weighted by Crippen LogP contribution is -2.33. The van der Waals surface area contributed by atoms with Crippen molar-refractivity contribution in [1.82, 2.24) is 20.6 Å². The predicted octanol–water partition coefficient (Wildman–Crippen LogP) is -0.496. The smallest absolute Gasteiger partial charge is 0.297 e. The Bertz CT molecular complexity index is 609. The summed E-state index contributed by atoms with van der Waals surface area (Å²) in [7, 11) is 0. The highest BCUT2D eigenvalue weighted by Gasteiger charge is 2.06. The topological polar surface area (TPSA) is 126 Å². The summed E-state index contributed by atoms with van der Waals surface area (Å²) in [5.74, 6) is -0.637. The number of H-pyrrole nitrogens is 1. The van der Waals surface area contributed by atoms with E-state index in [1.165, 1.54) is 0 Å². The molecule has 0 radical (unpaired) electrons. The molecule has 0 spiro atoms. The Hall–Kier alpha value is -2.90. The van der Waals surface area contributed by atoms with Crippen molar-refractivity contribution in [3.05, 3.63) is 46.2 Å². The number of amides is 1. The number of nitrogens with zero attached hydrogens (tertiary/aromatic N) is 2. The van der Waals surface area contributed by atoms with Gasteiger partial charge in [-0.15, -0.1) is 10.2 Å². The van der Waals surface area contributed by atoms with Crippen LogP contribution in [0.15, 0.2) is 35.1 Å². The molecule has 0 unspecified atom stereocenters. The molecule has 0 atom stereocenters. The second-order valence-corrected chi connectivity index (χ2v) is 3.33. The third-order valence-electron chi connectivity index (χ3n) is 2.04. The number of rotatable bonds is 3. The molecule has 2 aromatic rings. The maximum atomic E-state index is 11.6. The van der Waals surface area contributed by atoms with Crippen LogP contribution in [0.4, 0.5) is 11.8 Å². The molecule has 92 valence electrons. The molecule has 1 heterocycles. The molecule has 0 saturated carbocycles. The zero-order valence-corrected chi connectivity index (χ0v) is 9.18. The first-order valence-corrected chi connectivity index (χ1v) is 5.00. The number of hydrazine groups is 1. The Kier molecular flexibility index (Phi) is 3.19. The van der Waals surface area contributed by atoms with E-state index in [0.29, 0.717) is 5.56 Å². The predicted molar refractivity (Wildman–Crippen MR) is 64.6 cm³/mol. The number of nitrogens with one attached hydrogen (secondary N) is 3. The third-order valence-corrected chi connectivity index (χ3v) is 2.04. The highest BCUT2D eigenvalue weighted by atomic mass is 16.2. The number of hydrogen-bond donors (Lipinski definition) is 4. The summed E-state index contributed by atoms with van der Waals surface area (Å²) >= 11 is 0. The van der Waals surface area contributed by atoms with Crippen molar-refractivity contribution in [1.29, 1.82) is 0 Å². The van der Waals surface area contributed by atoms with Gasteiger partial charge in [-0.3, -0.25) is 25.4 Å². The third kappa shape index (κ3) is 2.61. The van der Waals surface area contributed by atoms with Crippen LogP contribution in [0.2, 0.25) is 0 Å². The minimum Gasteiger partial charge on any atom is -0.368 e. The summed E-state index contributed by atoms with van der Waals surface area (Å²) in [6.45, 7) is 0. The summed E-state index contributed by atoms with van der Waals surface area (Å²) in [5, 5.41) is 6.95. The fourth-order valence-corrected chi connectivity index (χ4v) is 1.21. The zero-order chi connectivity index (χ0) is 13.0. The molecule has 1 aromatic carbocycles. The van der Waals surface area contributed by atoms with E-state index >= 15 is 0 Å². The number of hydrogen-bond acceptors (Lipinski definition) is 6. The van der Waals surface area contributed by atoms with E-state index in [4.69, 9.17) is 5.73 Å². The van der Waals surface area contributed by atoms with Crippen LogP contribution < -0.4 is 22.1 Å². The molecule has 0 saturated heterocycles. The van der Waals surface area contributed by atoms with E-state index in [1.54, 1.807) is 30.3 Å². The average Bonchev–Trinajstić information content (AvgIpc) is 2.38. The lowest BCUT2D eigenvalue weighted by molar-refractivity contribution is 0.0962. The van der Waals surface area contributed by atoms with Gasteiger partial charge in [0.1, 0.15) is 0 Å². The molecular formula is C10H10N6O2. The van der Waals surface area contributed by atoms with Crippen molar-refractivity contribution in [2.75, 3.05) is 11.2 Å². The summed E-state index contributed by atoms with van der Waals surface area (Å²) in [6.07, 6.45) is 0. The Labute approximate surface area is 101 Å². The highest BCUT2D eigenvalue weighted by Crippen LogP contribution is 1.97. The molecule has 0 aliphatic carbocycles. The number of nitrogens with two attached hydrogens (primary N) is 1. The first-order chi connectivity index (χ1) is 8.66. The quantitative estimate of drug-likeness (QED) is 0.541. The summed E-state index contributed by atoms with van der Waals surface area (Å²) in [5.41, 5.74) is 9.80. The van der Waals surface area contributed by atoms with E-state index in [2.05, 4.69) is 26.0 Å². The van der Waals surface area contributed by atoms with Crippen molar-refractivity contribution in [2.24, 2.45) is 0 Å². The SMILES string of the molecule is Nc1nnc(NNC(=O)c2ccccc2)c(=O)[nH]1. The first-order valence-electron chi connectivity index (χ1n) is 5.00. The van der Waals surface area contributed by atoms with E-state index in [1.807, 2.05) is 0 Å². The van der Waals surface area contributed by atoms with E-state index in [9.17, 15) is 9.59 Å². The van der Waals surface area contributed by atoms with Crippen LogP contribution in [0.3, 0.4) is 0 Å². The van der Waals surface area contributed by atoms with Crippen molar-refractivity contribution in [2.45, 2.75) is 0 Å². The van der Waals surface area contributed by atoms with Crippen LogP contribution in [-0.4, -0.2) is 21.1 Å². The zero-order valence-electron chi connectivity index (χ0n) is 9.18. The summed E-state index contributed by atoms with van der Waals surface area (Å²) in [6, 6.07) is 8.52. The Morgan fingerprint density at radius 1 is 1.22 bits per heavy atom. The van der Waals surface area contributed by atoms with Crippen LogP contribution in [0.1, 0.15) is 10.4 Å². The standard InChI is InChI=1S/C10H10N6O2/c11-10-12-9(18)7(14-16-10)13-15-8(17)6-4-2-1-3-5-6/h1-5H,(H,13,14)(H,15,17)(H3,11,12,16,18). The van der Waals surface area contributed by atoms with Gasteiger partial charge in [0.15, 0.2) is 0 Å². The van der Waals surface area contributed by atoms with Gasteiger partial charge in [0.2, 0.25) is 11.8 Å². The Balaban J connectivity index is 2.04. The van der Waals surface area contributed by atoms with Gasteiger partial charge in [-0.25, -0.2) is 0 Å². The monoisotopic (exact) mass is 246 g/mol. The molecule has 8 heteroatoms. The lowest BCUT2D eigenvalue weighted by atomic mass is 10.2. The number of carbonyl (C=O) groups is 1. The molecule has 8 nitrogen and oxygen atoms in total. The molecule has 5 N–H and O–H groups in total. The van der Waals surface area contributed by atoms with Crippen LogP contribution >= 0.6 is 0 Å². The fourth-order valence-electron chi connectivity index (χ4n) is 1.21. The van der Waals surface area contributed by atoms with Crippen molar-refractivity contribution in [3.8, 4) is 0 Å². The molecular weight excluding hydrogens is 236 g/mol. The summed E-state index contributed by atoms with van der Waals surface area (Å²) in [4.78, 5) is 25.2. The van der Waals surface area contributed by atoms with Crippen LogP contribution in [0.5, 0.6) is 0 Å². The maximum absolute atomic E-state index is 11.6. The molecule has 1 amide bonds. The number of nitrogen functional groups attached to an aromatic ring is 1. The number of aromatic amines is 1. The fraction of sp³-hybridized carbons (Fsp3) is 0. The number of carbonyl (C=O) groups excluding carboxylic acids is 1. The second-order valence-electron chi connectivity index (χ2n) is 3.33. The maximum Gasteiger partial charge on any atom is 0.297 e. The van der Waals surface area contributed by atoms with Crippen molar-refractivity contribution in [3.63, 3.8) is 0 Å². The molecule has 0 aliphatic heterocycles. The number of aromatic nitrogens is 3. The Morgan fingerprint density at radius 3 is 2.61 bits per heavy atom. The number of benzene rings is 1. The minimum absolute atomic E-state index is 0.0973. The van der Waals surface area contributed by atoms with Gasteiger partial charge in [-0.1, -0.05) is 18.2 Å². The molecule has 1 aromatic heterocycles. The molecule has 0 aliphatic rings. The van der Waals surface area contributed by atoms with Gasteiger partial charge in [0, 0.05) is 5.56 Å². The highest BCUT2D eigenvalue weighted by molar-refractivity contribution is 5.94. The van der Waals surface area contributed by atoms with Crippen LogP contribution in [0, 0.1) is 0 Å². The van der Waals surface area contributed by atoms with Crippen molar-refractivity contribution < 1.29 is 4.79 Å². The van der Waals surface area contributed by atoms with Crippen LogP contribution in [0.25, 0.3) is 0 Å². The lowest BCUT2D eigenvalue weighted by Gasteiger charge is -2.06. The Morgan fingerprint density at radius 2 is 1.94 bits per heavy atom. The van der Waals surface area contributed by atoms with Gasteiger partial charge in [-0.2, -0.15) is 0 Å². The largest absolute Gasteiger partial charge is 0.368 e. The van der Waals surface area contributed by atoms with Gasteiger partial charge in [-0.05, 0) is 12.1 Å². The normalized spacial score (nSPS) is 9.78. The van der Waals surface area contributed by atoms with Crippen LogP contribution in [-0.2, 0) is 0 Å². The molecule has 2 rings (SSSR count). The van der Waals surface area contributed by atoms with Gasteiger partial charge >= 0.3 is 0 Å². The second kappa shape index (κ2) is 4.95. The minimum atomic E-state index is -0.573. The van der Waals surface area contributed by atoms with Crippen molar-refractivity contribution >= 4 is 17.7 Å². The van der Waals surface area contributed by atoms with Gasteiger partial charge < -0.3 is 5.73 Å². The summed E-state index contributed by atoms with van der Waals surface area (Å²) < 4.78 is 0.